The van der Waals surface area contributed by atoms with E-state index in [1.165, 1.54) is 29.5 Å². The van der Waals surface area contributed by atoms with Crippen molar-refractivity contribution in [3.05, 3.63) is 23.8 Å². The molecule has 2 N–H and O–H groups in total. The molecule has 7 nitrogen and oxygen atoms in total. The number of ether oxygens (including phenoxy) is 1. The van der Waals surface area contributed by atoms with Crippen LogP contribution < -0.4 is 15.0 Å². The van der Waals surface area contributed by atoms with Crippen LogP contribution in [0.25, 0.3) is 0 Å². The Bertz CT molecular complexity index is 667. The van der Waals surface area contributed by atoms with Crippen LogP contribution in [-0.2, 0) is 9.59 Å². The number of aromatic carboxylic acids is 1. The summed E-state index contributed by atoms with van der Waals surface area (Å²) in [5.41, 5.74) is 0.370. The molecule has 0 spiro atoms. The highest BCUT2D eigenvalue weighted by molar-refractivity contribution is 6.03. The SMILES string of the molecule is O=C(CN1C(=O)COc2ccc(C(=O)O)cc21)NC1CCCCC1. The van der Waals surface area contributed by atoms with Gasteiger partial charge in [-0.1, -0.05) is 19.3 Å². The molecule has 1 saturated carbocycles. The molecule has 128 valence electrons. The molecule has 1 aromatic rings. The zero-order valence-corrected chi connectivity index (χ0v) is 13.3. The summed E-state index contributed by atoms with van der Waals surface area (Å²) in [5.74, 6) is -1.28. The molecule has 1 heterocycles. The third kappa shape index (κ3) is 3.50. The van der Waals surface area contributed by atoms with Crippen LogP contribution in [0.15, 0.2) is 18.2 Å². The smallest absolute Gasteiger partial charge is 0.335 e. The van der Waals surface area contributed by atoms with E-state index in [0.29, 0.717) is 11.4 Å². The number of hydrogen-bond donors (Lipinski definition) is 2. The Balaban J connectivity index is 1.75. The second kappa shape index (κ2) is 6.90. The molecule has 2 aliphatic rings. The van der Waals surface area contributed by atoms with Gasteiger partial charge in [-0.05, 0) is 31.0 Å². The quantitative estimate of drug-likeness (QED) is 0.872. The van der Waals surface area contributed by atoms with Gasteiger partial charge in [-0.2, -0.15) is 0 Å². The molecule has 1 aromatic carbocycles. The first-order valence-electron chi connectivity index (χ1n) is 8.14. The van der Waals surface area contributed by atoms with Crippen molar-refractivity contribution < 1.29 is 24.2 Å². The number of carbonyl (C=O) groups is 3. The number of nitrogens with one attached hydrogen (secondary N) is 1. The zero-order valence-electron chi connectivity index (χ0n) is 13.3. The number of anilines is 1. The van der Waals surface area contributed by atoms with E-state index in [9.17, 15) is 14.4 Å². The van der Waals surface area contributed by atoms with Gasteiger partial charge in [0.2, 0.25) is 5.91 Å². The van der Waals surface area contributed by atoms with Crippen molar-refractivity contribution in [3.8, 4) is 5.75 Å². The summed E-state index contributed by atoms with van der Waals surface area (Å²) in [4.78, 5) is 36.9. The summed E-state index contributed by atoms with van der Waals surface area (Å²) in [7, 11) is 0. The number of fused-ring (bicyclic) bond motifs is 1. The van der Waals surface area contributed by atoms with Crippen LogP contribution in [0.1, 0.15) is 42.5 Å². The monoisotopic (exact) mass is 332 g/mol. The highest BCUT2D eigenvalue weighted by Crippen LogP contribution is 2.33. The van der Waals surface area contributed by atoms with Crippen molar-refractivity contribution in [1.82, 2.24) is 5.32 Å². The zero-order chi connectivity index (χ0) is 17.1. The number of amides is 2. The van der Waals surface area contributed by atoms with E-state index in [1.807, 2.05) is 0 Å². The normalized spacial score (nSPS) is 17.8. The van der Waals surface area contributed by atoms with Gasteiger partial charge in [0, 0.05) is 6.04 Å². The Labute approximate surface area is 139 Å². The topological polar surface area (TPSA) is 95.9 Å². The first-order valence-corrected chi connectivity index (χ1v) is 8.14. The minimum Gasteiger partial charge on any atom is -0.482 e. The first-order chi connectivity index (χ1) is 11.5. The van der Waals surface area contributed by atoms with Gasteiger partial charge in [0.05, 0.1) is 11.3 Å². The maximum absolute atomic E-state index is 12.3. The lowest BCUT2D eigenvalue weighted by Crippen LogP contribution is -2.47. The highest BCUT2D eigenvalue weighted by atomic mass is 16.5. The minimum absolute atomic E-state index is 0.0461. The molecule has 0 unspecified atom stereocenters. The lowest BCUT2D eigenvalue weighted by atomic mass is 9.95. The second-order valence-electron chi connectivity index (χ2n) is 6.16. The Morgan fingerprint density at radius 3 is 2.71 bits per heavy atom. The molecule has 1 fully saturated rings. The number of benzene rings is 1. The molecular formula is C17H20N2O5. The Morgan fingerprint density at radius 1 is 1.25 bits per heavy atom. The van der Waals surface area contributed by atoms with E-state index >= 15 is 0 Å². The molecule has 24 heavy (non-hydrogen) atoms. The predicted molar refractivity (Wildman–Crippen MR) is 86.3 cm³/mol. The molecule has 0 aromatic heterocycles. The Hall–Kier alpha value is -2.57. The van der Waals surface area contributed by atoms with Gasteiger partial charge in [0.15, 0.2) is 6.61 Å². The maximum atomic E-state index is 12.3. The molecule has 0 radical (unpaired) electrons. The van der Waals surface area contributed by atoms with Gasteiger partial charge in [0.25, 0.3) is 5.91 Å². The number of carboxylic acid groups (broad SMARTS) is 1. The average Bonchev–Trinajstić information content (AvgIpc) is 2.58. The third-order valence-electron chi connectivity index (χ3n) is 4.42. The van der Waals surface area contributed by atoms with Gasteiger partial charge in [-0.3, -0.25) is 14.5 Å². The molecule has 2 amide bonds. The Morgan fingerprint density at radius 2 is 2.00 bits per heavy atom. The molecule has 3 rings (SSSR count). The van der Waals surface area contributed by atoms with Crippen molar-refractivity contribution in [2.45, 2.75) is 38.1 Å². The standard InChI is InChI=1S/C17H20N2O5/c20-15(18-12-4-2-1-3-5-12)9-19-13-8-11(17(22)23)6-7-14(13)24-10-16(19)21/h6-8,12H,1-5,9-10H2,(H,18,20)(H,22,23). The fourth-order valence-electron chi connectivity index (χ4n) is 3.17. The van der Waals surface area contributed by atoms with Crippen molar-refractivity contribution in [2.75, 3.05) is 18.1 Å². The maximum Gasteiger partial charge on any atom is 0.335 e. The van der Waals surface area contributed by atoms with Crippen molar-refractivity contribution in [1.29, 1.82) is 0 Å². The van der Waals surface area contributed by atoms with E-state index in [2.05, 4.69) is 5.32 Å². The summed E-state index contributed by atoms with van der Waals surface area (Å²) >= 11 is 0. The molecule has 1 aliphatic heterocycles. The van der Waals surface area contributed by atoms with Crippen molar-refractivity contribution >= 4 is 23.5 Å². The third-order valence-corrected chi connectivity index (χ3v) is 4.42. The summed E-state index contributed by atoms with van der Waals surface area (Å²) in [6.07, 6.45) is 5.32. The number of hydrogen-bond acceptors (Lipinski definition) is 4. The van der Waals surface area contributed by atoms with E-state index in [-0.39, 0.29) is 36.6 Å². The van der Waals surface area contributed by atoms with Crippen molar-refractivity contribution in [2.24, 2.45) is 0 Å². The summed E-state index contributed by atoms with van der Waals surface area (Å²) in [5, 5.41) is 12.1. The van der Waals surface area contributed by atoms with Crippen molar-refractivity contribution in [3.63, 3.8) is 0 Å². The van der Waals surface area contributed by atoms with Gasteiger partial charge in [0.1, 0.15) is 12.3 Å². The number of rotatable bonds is 4. The average molecular weight is 332 g/mol. The molecule has 0 saturated heterocycles. The first kappa shape index (κ1) is 16.3. The lowest BCUT2D eigenvalue weighted by molar-refractivity contribution is -0.125. The summed E-state index contributed by atoms with van der Waals surface area (Å²) < 4.78 is 5.32. The van der Waals surface area contributed by atoms with Gasteiger partial charge in [-0.25, -0.2) is 4.79 Å². The predicted octanol–water partition coefficient (Wildman–Crippen LogP) is 1.56. The summed E-state index contributed by atoms with van der Waals surface area (Å²) in [6, 6.07) is 4.45. The largest absolute Gasteiger partial charge is 0.482 e. The van der Waals surface area contributed by atoms with Crippen LogP contribution in [0.2, 0.25) is 0 Å². The van der Waals surface area contributed by atoms with Crippen LogP contribution >= 0.6 is 0 Å². The second-order valence-corrected chi connectivity index (χ2v) is 6.16. The number of nitrogens with zero attached hydrogens (tertiary/aromatic N) is 1. The van der Waals surface area contributed by atoms with E-state index < -0.39 is 5.97 Å². The van der Waals surface area contributed by atoms with E-state index in [0.717, 1.165) is 25.7 Å². The molecule has 7 heteroatoms. The highest BCUT2D eigenvalue weighted by Gasteiger charge is 2.29. The fourth-order valence-corrected chi connectivity index (χ4v) is 3.17. The lowest BCUT2D eigenvalue weighted by Gasteiger charge is -2.30. The van der Waals surface area contributed by atoms with Gasteiger partial charge >= 0.3 is 5.97 Å². The number of carboxylic acids is 1. The van der Waals surface area contributed by atoms with Crippen LogP contribution in [0.5, 0.6) is 5.75 Å². The minimum atomic E-state index is -1.09. The molecule has 1 aliphatic carbocycles. The summed E-state index contributed by atoms with van der Waals surface area (Å²) in [6.45, 7) is -0.287. The molecule has 0 bridgehead atoms. The van der Waals surface area contributed by atoms with E-state index in [1.54, 1.807) is 0 Å². The van der Waals surface area contributed by atoms with E-state index in [4.69, 9.17) is 9.84 Å². The Kier molecular flexibility index (Phi) is 4.69. The van der Waals surface area contributed by atoms with Crippen LogP contribution in [-0.4, -0.2) is 42.1 Å². The van der Waals surface area contributed by atoms with Crippen LogP contribution in [0.4, 0.5) is 5.69 Å². The van der Waals surface area contributed by atoms with Crippen LogP contribution in [0.3, 0.4) is 0 Å². The van der Waals surface area contributed by atoms with Gasteiger partial charge in [-0.15, -0.1) is 0 Å². The van der Waals surface area contributed by atoms with Crippen LogP contribution in [0, 0.1) is 0 Å². The fraction of sp³-hybridized carbons (Fsp3) is 0.471. The molecule has 0 atom stereocenters. The number of carbonyl (C=O) groups excluding carboxylic acids is 2. The molecular weight excluding hydrogens is 312 g/mol. The van der Waals surface area contributed by atoms with Gasteiger partial charge < -0.3 is 15.2 Å².